The Morgan fingerprint density at radius 3 is 2.28 bits per heavy atom. The van der Waals surface area contributed by atoms with E-state index in [1.807, 2.05) is 43.0 Å². The molecular weight excluding hydrogens is 226 g/mol. The van der Waals surface area contributed by atoms with Crippen LogP contribution in [0.4, 0.5) is 0 Å². The minimum atomic E-state index is 0.111. The summed E-state index contributed by atoms with van der Waals surface area (Å²) in [5.74, 6) is 0.111. The molecule has 0 unspecified atom stereocenters. The molecule has 3 heteroatoms. The SMILES string of the molecule is CCc1ccc(C(=O)N2C[C@H](C)O[C@@H](C)C2)cc1. The van der Waals surface area contributed by atoms with Gasteiger partial charge >= 0.3 is 0 Å². The van der Waals surface area contributed by atoms with Gasteiger partial charge in [0, 0.05) is 18.7 Å². The second-order valence-electron chi connectivity index (χ2n) is 5.02. The zero-order valence-electron chi connectivity index (χ0n) is 11.3. The summed E-state index contributed by atoms with van der Waals surface area (Å²) in [6.07, 6.45) is 1.24. The molecular formula is C15H21NO2. The lowest BCUT2D eigenvalue weighted by Crippen LogP contribution is -2.48. The number of aryl methyl sites for hydroxylation is 1. The summed E-state index contributed by atoms with van der Waals surface area (Å²) in [6, 6.07) is 7.90. The lowest BCUT2D eigenvalue weighted by atomic mass is 10.1. The van der Waals surface area contributed by atoms with E-state index in [4.69, 9.17) is 4.74 Å². The van der Waals surface area contributed by atoms with Gasteiger partial charge < -0.3 is 9.64 Å². The summed E-state index contributed by atoms with van der Waals surface area (Å²) in [7, 11) is 0. The Labute approximate surface area is 109 Å². The van der Waals surface area contributed by atoms with Crippen LogP contribution in [0.1, 0.15) is 36.7 Å². The summed E-state index contributed by atoms with van der Waals surface area (Å²) in [6.45, 7) is 7.49. The van der Waals surface area contributed by atoms with Crippen LogP contribution in [0.2, 0.25) is 0 Å². The lowest BCUT2D eigenvalue weighted by Gasteiger charge is -2.35. The summed E-state index contributed by atoms with van der Waals surface area (Å²) in [4.78, 5) is 14.2. The first-order chi connectivity index (χ1) is 8.60. The molecule has 0 bridgehead atoms. The molecule has 0 saturated carbocycles. The first-order valence-corrected chi connectivity index (χ1v) is 6.63. The number of benzene rings is 1. The molecule has 1 saturated heterocycles. The smallest absolute Gasteiger partial charge is 0.254 e. The van der Waals surface area contributed by atoms with Crippen LogP contribution in [0.15, 0.2) is 24.3 Å². The van der Waals surface area contributed by atoms with Gasteiger partial charge in [0.2, 0.25) is 0 Å². The van der Waals surface area contributed by atoms with Crippen molar-refractivity contribution in [2.45, 2.75) is 39.4 Å². The minimum Gasteiger partial charge on any atom is -0.372 e. The van der Waals surface area contributed by atoms with Gasteiger partial charge in [-0.2, -0.15) is 0 Å². The van der Waals surface area contributed by atoms with E-state index in [0.717, 1.165) is 12.0 Å². The molecule has 18 heavy (non-hydrogen) atoms. The summed E-state index contributed by atoms with van der Waals surface area (Å²) in [5, 5.41) is 0. The third kappa shape index (κ3) is 2.91. The zero-order valence-corrected chi connectivity index (χ0v) is 11.3. The Morgan fingerprint density at radius 2 is 1.78 bits per heavy atom. The number of carbonyl (C=O) groups is 1. The summed E-state index contributed by atoms with van der Waals surface area (Å²) >= 11 is 0. The van der Waals surface area contributed by atoms with Crippen molar-refractivity contribution in [2.24, 2.45) is 0 Å². The van der Waals surface area contributed by atoms with Crippen LogP contribution in [0.25, 0.3) is 0 Å². The molecule has 98 valence electrons. The molecule has 1 aliphatic heterocycles. The number of hydrogen-bond acceptors (Lipinski definition) is 2. The first kappa shape index (κ1) is 13.1. The lowest BCUT2D eigenvalue weighted by molar-refractivity contribution is -0.0586. The molecule has 1 aromatic carbocycles. The largest absolute Gasteiger partial charge is 0.372 e. The fraction of sp³-hybridized carbons (Fsp3) is 0.533. The predicted molar refractivity (Wildman–Crippen MR) is 71.7 cm³/mol. The van der Waals surface area contributed by atoms with Gasteiger partial charge in [0.25, 0.3) is 5.91 Å². The molecule has 2 rings (SSSR count). The number of ether oxygens (including phenoxy) is 1. The van der Waals surface area contributed by atoms with Crippen LogP contribution in [-0.4, -0.2) is 36.1 Å². The molecule has 0 aromatic heterocycles. The molecule has 1 heterocycles. The van der Waals surface area contributed by atoms with Crippen molar-refractivity contribution in [3.8, 4) is 0 Å². The minimum absolute atomic E-state index is 0.111. The highest BCUT2D eigenvalue weighted by molar-refractivity contribution is 5.94. The number of amides is 1. The van der Waals surface area contributed by atoms with Crippen LogP contribution >= 0.6 is 0 Å². The fourth-order valence-corrected chi connectivity index (χ4v) is 2.41. The van der Waals surface area contributed by atoms with Crippen molar-refractivity contribution < 1.29 is 9.53 Å². The Morgan fingerprint density at radius 1 is 1.22 bits per heavy atom. The average Bonchev–Trinajstić information content (AvgIpc) is 2.37. The molecule has 0 spiro atoms. The maximum absolute atomic E-state index is 12.4. The van der Waals surface area contributed by atoms with Gasteiger partial charge in [-0.05, 0) is 38.0 Å². The third-order valence-electron chi connectivity index (χ3n) is 3.32. The number of morpholine rings is 1. The van der Waals surface area contributed by atoms with Crippen molar-refractivity contribution >= 4 is 5.91 Å². The molecule has 1 aliphatic rings. The van der Waals surface area contributed by atoms with E-state index >= 15 is 0 Å². The molecule has 0 N–H and O–H groups in total. The van der Waals surface area contributed by atoms with Crippen molar-refractivity contribution in [2.75, 3.05) is 13.1 Å². The van der Waals surface area contributed by atoms with Crippen LogP contribution < -0.4 is 0 Å². The van der Waals surface area contributed by atoms with Crippen LogP contribution in [0, 0.1) is 0 Å². The molecule has 3 nitrogen and oxygen atoms in total. The second kappa shape index (κ2) is 5.53. The van der Waals surface area contributed by atoms with Crippen molar-refractivity contribution in [3.05, 3.63) is 35.4 Å². The van der Waals surface area contributed by atoms with Gasteiger partial charge in [0.05, 0.1) is 12.2 Å². The van der Waals surface area contributed by atoms with E-state index in [1.54, 1.807) is 0 Å². The summed E-state index contributed by atoms with van der Waals surface area (Å²) < 4.78 is 5.65. The van der Waals surface area contributed by atoms with E-state index in [0.29, 0.717) is 13.1 Å². The molecule has 1 amide bonds. The maximum Gasteiger partial charge on any atom is 0.254 e. The van der Waals surface area contributed by atoms with Gasteiger partial charge in [-0.1, -0.05) is 19.1 Å². The van der Waals surface area contributed by atoms with Gasteiger partial charge in [-0.25, -0.2) is 0 Å². The van der Waals surface area contributed by atoms with Crippen LogP contribution in [0.3, 0.4) is 0 Å². The highest BCUT2D eigenvalue weighted by Crippen LogP contribution is 2.15. The number of nitrogens with zero attached hydrogens (tertiary/aromatic N) is 1. The third-order valence-corrected chi connectivity index (χ3v) is 3.32. The van der Waals surface area contributed by atoms with E-state index in [1.165, 1.54) is 5.56 Å². The van der Waals surface area contributed by atoms with Crippen molar-refractivity contribution in [1.82, 2.24) is 4.90 Å². The highest BCUT2D eigenvalue weighted by atomic mass is 16.5. The van der Waals surface area contributed by atoms with E-state index in [2.05, 4.69) is 6.92 Å². The normalized spacial score (nSPS) is 24.1. The number of hydrogen-bond donors (Lipinski definition) is 0. The molecule has 0 radical (unpaired) electrons. The van der Waals surface area contributed by atoms with Crippen LogP contribution in [0.5, 0.6) is 0 Å². The van der Waals surface area contributed by atoms with Gasteiger partial charge in [0.15, 0.2) is 0 Å². The van der Waals surface area contributed by atoms with Gasteiger partial charge in [-0.15, -0.1) is 0 Å². The number of rotatable bonds is 2. The second-order valence-corrected chi connectivity index (χ2v) is 5.02. The molecule has 1 aromatic rings. The highest BCUT2D eigenvalue weighted by Gasteiger charge is 2.26. The predicted octanol–water partition coefficient (Wildman–Crippen LogP) is 2.50. The standard InChI is InChI=1S/C15H21NO2/c1-4-13-5-7-14(8-6-13)15(17)16-9-11(2)18-12(3)10-16/h5-8,11-12H,4,9-10H2,1-3H3/t11-,12-/m0/s1. The van der Waals surface area contributed by atoms with Crippen molar-refractivity contribution in [3.63, 3.8) is 0 Å². The quantitative estimate of drug-likeness (QED) is 0.803. The Balaban J connectivity index is 2.09. The zero-order chi connectivity index (χ0) is 13.1. The summed E-state index contributed by atoms with van der Waals surface area (Å²) in [5.41, 5.74) is 2.03. The molecule has 1 fully saturated rings. The van der Waals surface area contributed by atoms with Crippen molar-refractivity contribution in [1.29, 1.82) is 0 Å². The Kier molecular flexibility index (Phi) is 4.02. The Hall–Kier alpha value is -1.35. The Bertz CT molecular complexity index is 403. The fourth-order valence-electron chi connectivity index (χ4n) is 2.41. The maximum atomic E-state index is 12.4. The van der Waals surface area contributed by atoms with Crippen LogP contribution in [-0.2, 0) is 11.2 Å². The van der Waals surface area contributed by atoms with Gasteiger partial charge in [-0.3, -0.25) is 4.79 Å². The van der Waals surface area contributed by atoms with E-state index in [-0.39, 0.29) is 18.1 Å². The van der Waals surface area contributed by atoms with Gasteiger partial charge in [0.1, 0.15) is 0 Å². The first-order valence-electron chi connectivity index (χ1n) is 6.63. The topological polar surface area (TPSA) is 29.5 Å². The number of carbonyl (C=O) groups excluding carboxylic acids is 1. The van der Waals surface area contributed by atoms with E-state index in [9.17, 15) is 4.79 Å². The van der Waals surface area contributed by atoms with E-state index < -0.39 is 0 Å². The monoisotopic (exact) mass is 247 g/mol. The molecule has 2 atom stereocenters. The average molecular weight is 247 g/mol. The molecule has 0 aliphatic carbocycles.